The molecule has 0 amide bonds. The molecule has 0 spiro atoms. The van der Waals surface area contributed by atoms with Crippen LogP contribution < -0.4 is 5.32 Å². The fraction of sp³-hybridized carbons (Fsp3) is 0.500. The lowest BCUT2D eigenvalue weighted by Gasteiger charge is -2.10. The Kier molecular flexibility index (Phi) is 3.47. The van der Waals surface area contributed by atoms with Gasteiger partial charge < -0.3 is 5.32 Å². The van der Waals surface area contributed by atoms with Crippen LogP contribution in [0.25, 0.3) is 11.0 Å². The number of hydrogen-bond donors (Lipinski definition) is 1. The lowest BCUT2D eigenvalue weighted by Crippen LogP contribution is -2.16. The van der Waals surface area contributed by atoms with Gasteiger partial charge in [-0.05, 0) is 62.0 Å². The Morgan fingerprint density at radius 3 is 1.79 bits per heavy atom. The van der Waals surface area contributed by atoms with Crippen molar-refractivity contribution in [1.29, 1.82) is 0 Å². The predicted octanol–water partition coefficient (Wildman–Crippen LogP) is 2.44. The van der Waals surface area contributed by atoms with Gasteiger partial charge in [0.15, 0.2) is 0 Å². The molecule has 100 valence electrons. The number of benzene rings is 1. The molecule has 0 radical (unpaired) electrons. The van der Waals surface area contributed by atoms with Gasteiger partial charge in [0.2, 0.25) is 0 Å². The number of rotatable bonds is 2. The molecule has 0 bridgehead atoms. The van der Waals surface area contributed by atoms with E-state index >= 15 is 0 Å². The van der Waals surface area contributed by atoms with E-state index in [-0.39, 0.29) is 0 Å². The second-order valence-electron chi connectivity index (χ2n) is 5.18. The van der Waals surface area contributed by atoms with Crippen LogP contribution >= 0.6 is 0 Å². The van der Waals surface area contributed by atoms with Crippen LogP contribution in [0.5, 0.6) is 0 Å². The number of nitrogens with one attached hydrogen (secondary N) is 1. The molecule has 3 nitrogen and oxygen atoms in total. The highest BCUT2D eigenvalue weighted by Crippen LogP contribution is 2.21. The van der Waals surface area contributed by atoms with E-state index in [4.69, 9.17) is 9.97 Å². The molecule has 3 rings (SSSR count). The van der Waals surface area contributed by atoms with Gasteiger partial charge in [0.1, 0.15) is 0 Å². The van der Waals surface area contributed by atoms with Crippen LogP contribution in [0.4, 0.5) is 0 Å². The standard InChI is InChI=1S/C16H21N3/c1-3-13-14(4-2)19-16-10-12-6-8-17-7-5-11(12)9-15(16)18-13/h9-10,17H,3-8H2,1-2H3. The van der Waals surface area contributed by atoms with Crippen LogP contribution in [0.15, 0.2) is 12.1 Å². The summed E-state index contributed by atoms with van der Waals surface area (Å²) in [6, 6.07) is 4.51. The molecule has 0 aliphatic carbocycles. The number of nitrogens with zero attached hydrogens (tertiary/aromatic N) is 2. The molecule has 1 aliphatic rings. The molecule has 0 saturated heterocycles. The first-order valence-electron chi connectivity index (χ1n) is 7.33. The van der Waals surface area contributed by atoms with Crippen molar-refractivity contribution in [3.8, 4) is 0 Å². The second-order valence-corrected chi connectivity index (χ2v) is 5.18. The minimum atomic E-state index is 0.963. The van der Waals surface area contributed by atoms with Gasteiger partial charge in [0, 0.05) is 0 Å². The lowest BCUT2D eigenvalue weighted by atomic mass is 10.0. The van der Waals surface area contributed by atoms with Gasteiger partial charge in [0.25, 0.3) is 0 Å². The van der Waals surface area contributed by atoms with E-state index in [2.05, 4.69) is 31.3 Å². The maximum Gasteiger partial charge on any atom is 0.0893 e. The molecule has 1 aliphatic heterocycles. The number of hydrogen-bond acceptors (Lipinski definition) is 3. The van der Waals surface area contributed by atoms with Crippen LogP contribution in [0.3, 0.4) is 0 Å². The van der Waals surface area contributed by atoms with E-state index in [9.17, 15) is 0 Å². The first kappa shape index (κ1) is 12.5. The van der Waals surface area contributed by atoms with Crippen molar-refractivity contribution in [3.63, 3.8) is 0 Å². The number of aryl methyl sites for hydroxylation is 2. The van der Waals surface area contributed by atoms with E-state index < -0.39 is 0 Å². The third kappa shape index (κ3) is 2.35. The summed E-state index contributed by atoms with van der Waals surface area (Å²) >= 11 is 0. The third-order valence-electron chi connectivity index (χ3n) is 3.95. The van der Waals surface area contributed by atoms with Crippen LogP contribution in [0.2, 0.25) is 0 Å². The van der Waals surface area contributed by atoms with Crippen molar-refractivity contribution in [2.75, 3.05) is 13.1 Å². The van der Waals surface area contributed by atoms with Gasteiger partial charge in [-0.25, -0.2) is 9.97 Å². The van der Waals surface area contributed by atoms with Crippen molar-refractivity contribution in [2.24, 2.45) is 0 Å². The zero-order valence-corrected chi connectivity index (χ0v) is 11.8. The zero-order chi connectivity index (χ0) is 13.2. The third-order valence-corrected chi connectivity index (χ3v) is 3.95. The summed E-state index contributed by atoms with van der Waals surface area (Å²) in [6.07, 6.45) is 4.13. The second kappa shape index (κ2) is 5.25. The molecule has 19 heavy (non-hydrogen) atoms. The molecule has 1 N–H and O–H groups in total. The summed E-state index contributed by atoms with van der Waals surface area (Å²) in [7, 11) is 0. The Hall–Kier alpha value is -1.48. The van der Waals surface area contributed by atoms with Gasteiger partial charge in [-0.3, -0.25) is 0 Å². The van der Waals surface area contributed by atoms with E-state index in [1.165, 1.54) is 11.1 Å². The van der Waals surface area contributed by atoms with E-state index in [0.717, 1.165) is 61.2 Å². The minimum Gasteiger partial charge on any atom is -0.316 e. The molecule has 1 aromatic heterocycles. The van der Waals surface area contributed by atoms with Gasteiger partial charge in [-0.15, -0.1) is 0 Å². The predicted molar refractivity (Wildman–Crippen MR) is 78.6 cm³/mol. The van der Waals surface area contributed by atoms with Crippen LogP contribution in [-0.4, -0.2) is 23.1 Å². The molecule has 0 fully saturated rings. The molecular weight excluding hydrogens is 234 g/mol. The molecule has 2 heterocycles. The summed E-state index contributed by atoms with van der Waals surface area (Å²) < 4.78 is 0. The average Bonchev–Trinajstić information content (AvgIpc) is 2.68. The van der Waals surface area contributed by atoms with Gasteiger partial charge in [-0.2, -0.15) is 0 Å². The number of aromatic nitrogens is 2. The number of fused-ring (bicyclic) bond motifs is 2. The van der Waals surface area contributed by atoms with Crippen molar-refractivity contribution < 1.29 is 0 Å². The smallest absolute Gasteiger partial charge is 0.0893 e. The fourth-order valence-corrected chi connectivity index (χ4v) is 2.87. The monoisotopic (exact) mass is 255 g/mol. The lowest BCUT2D eigenvalue weighted by molar-refractivity contribution is 0.711. The molecule has 2 aromatic rings. The van der Waals surface area contributed by atoms with E-state index in [1.54, 1.807) is 0 Å². The van der Waals surface area contributed by atoms with Gasteiger partial charge >= 0.3 is 0 Å². The SMILES string of the molecule is CCc1nc2cc3c(cc2nc1CC)CCNCC3. The molecular formula is C16H21N3. The van der Waals surface area contributed by atoms with Crippen molar-refractivity contribution in [2.45, 2.75) is 39.5 Å². The topological polar surface area (TPSA) is 37.8 Å². The molecule has 0 atom stereocenters. The molecule has 3 heteroatoms. The average molecular weight is 255 g/mol. The first-order valence-corrected chi connectivity index (χ1v) is 7.33. The zero-order valence-electron chi connectivity index (χ0n) is 11.8. The summed E-state index contributed by atoms with van der Waals surface area (Å²) in [5.74, 6) is 0. The van der Waals surface area contributed by atoms with Crippen LogP contribution in [-0.2, 0) is 25.7 Å². The van der Waals surface area contributed by atoms with Gasteiger partial charge in [-0.1, -0.05) is 13.8 Å². The van der Waals surface area contributed by atoms with E-state index in [0.29, 0.717) is 0 Å². The van der Waals surface area contributed by atoms with E-state index in [1.807, 2.05) is 0 Å². The highest BCUT2D eigenvalue weighted by Gasteiger charge is 2.12. The Morgan fingerprint density at radius 2 is 1.37 bits per heavy atom. The quantitative estimate of drug-likeness (QED) is 0.895. The Balaban J connectivity index is 2.17. The molecule has 0 unspecified atom stereocenters. The molecule has 0 saturated carbocycles. The highest BCUT2D eigenvalue weighted by atomic mass is 14.9. The summed E-state index contributed by atoms with van der Waals surface area (Å²) in [6.45, 7) is 6.45. The summed E-state index contributed by atoms with van der Waals surface area (Å²) in [5, 5.41) is 3.45. The summed E-state index contributed by atoms with van der Waals surface area (Å²) in [4.78, 5) is 9.64. The maximum atomic E-state index is 4.82. The molecule has 1 aromatic carbocycles. The van der Waals surface area contributed by atoms with Crippen LogP contribution in [0, 0.1) is 0 Å². The van der Waals surface area contributed by atoms with Gasteiger partial charge in [0.05, 0.1) is 22.4 Å². The highest BCUT2D eigenvalue weighted by molar-refractivity contribution is 5.77. The van der Waals surface area contributed by atoms with Crippen LogP contribution in [0.1, 0.15) is 36.4 Å². The Labute approximate surface area is 114 Å². The minimum absolute atomic E-state index is 0.963. The Bertz CT molecular complexity index is 552. The van der Waals surface area contributed by atoms with Crippen molar-refractivity contribution in [3.05, 3.63) is 34.6 Å². The van der Waals surface area contributed by atoms with Crippen molar-refractivity contribution >= 4 is 11.0 Å². The summed E-state index contributed by atoms with van der Waals surface area (Å²) in [5.41, 5.74) is 7.32. The Morgan fingerprint density at radius 1 is 0.895 bits per heavy atom. The van der Waals surface area contributed by atoms with Crippen molar-refractivity contribution in [1.82, 2.24) is 15.3 Å². The maximum absolute atomic E-state index is 4.82. The fourth-order valence-electron chi connectivity index (χ4n) is 2.87. The first-order chi connectivity index (χ1) is 9.31. The normalized spacial score (nSPS) is 15.3. The largest absolute Gasteiger partial charge is 0.316 e.